The predicted octanol–water partition coefficient (Wildman–Crippen LogP) is 2.72. The average molecular weight is 326 g/mol. The van der Waals surface area contributed by atoms with Crippen molar-refractivity contribution in [3.8, 4) is 0 Å². The highest BCUT2D eigenvalue weighted by Gasteiger charge is 2.20. The Morgan fingerprint density at radius 1 is 1.21 bits per heavy atom. The summed E-state index contributed by atoms with van der Waals surface area (Å²) in [6, 6.07) is 8.26. The summed E-state index contributed by atoms with van der Waals surface area (Å²) in [5.41, 5.74) is 2.40. The van der Waals surface area contributed by atoms with Gasteiger partial charge in [0.1, 0.15) is 5.82 Å². The molecular weight excluding hydrogens is 300 g/mol. The summed E-state index contributed by atoms with van der Waals surface area (Å²) in [6.45, 7) is 3.69. The fourth-order valence-electron chi connectivity index (χ4n) is 3.02. The fourth-order valence-corrected chi connectivity index (χ4v) is 3.02. The maximum Gasteiger partial charge on any atom is 0.127 e. The lowest BCUT2D eigenvalue weighted by Gasteiger charge is -2.32. The third-order valence-electron chi connectivity index (χ3n) is 4.34. The molecule has 1 saturated heterocycles. The second kappa shape index (κ2) is 8.22. The van der Waals surface area contributed by atoms with E-state index in [0.29, 0.717) is 12.7 Å². The number of anilines is 1. The van der Waals surface area contributed by atoms with Crippen molar-refractivity contribution < 1.29 is 4.74 Å². The van der Waals surface area contributed by atoms with E-state index >= 15 is 0 Å². The molecular formula is C19H26N4O. The summed E-state index contributed by atoms with van der Waals surface area (Å²) >= 11 is 0. The lowest BCUT2D eigenvalue weighted by Crippen LogP contribution is -2.39. The summed E-state index contributed by atoms with van der Waals surface area (Å²) in [5.74, 6) is 0.995. The summed E-state index contributed by atoms with van der Waals surface area (Å²) in [4.78, 5) is 13.1. The van der Waals surface area contributed by atoms with Gasteiger partial charge in [-0.1, -0.05) is 12.1 Å². The molecule has 0 aliphatic carbocycles. The number of aromatic nitrogens is 2. The SMILES string of the molecule is CN(C)c1ccc(CN2CCC[C@@H](OCc3cccnc3)C2)cn1. The first-order chi connectivity index (χ1) is 11.7. The molecule has 5 nitrogen and oxygen atoms in total. The number of rotatable bonds is 6. The van der Waals surface area contributed by atoms with Crippen LogP contribution in [0.15, 0.2) is 42.9 Å². The minimum Gasteiger partial charge on any atom is -0.372 e. The summed E-state index contributed by atoms with van der Waals surface area (Å²) in [5, 5.41) is 0. The number of likely N-dealkylation sites (tertiary alicyclic amines) is 1. The van der Waals surface area contributed by atoms with E-state index in [1.807, 2.05) is 37.5 Å². The first kappa shape index (κ1) is 16.9. The van der Waals surface area contributed by atoms with Crippen molar-refractivity contribution >= 4 is 5.82 Å². The molecule has 2 aromatic rings. The Morgan fingerprint density at radius 2 is 2.12 bits per heavy atom. The molecule has 2 aromatic heterocycles. The summed E-state index contributed by atoms with van der Waals surface area (Å²) < 4.78 is 6.08. The topological polar surface area (TPSA) is 41.5 Å². The Labute approximate surface area is 144 Å². The lowest BCUT2D eigenvalue weighted by atomic mass is 10.1. The third-order valence-corrected chi connectivity index (χ3v) is 4.34. The van der Waals surface area contributed by atoms with Crippen molar-refractivity contribution in [1.82, 2.24) is 14.9 Å². The molecule has 1 aliphatic rings. The zero-order valence-electron chi connectivity index (χ0n) is 14.6. The van der Waals surface area contributed by atoms with E-state index in [2.05, 4.69) is 33.1 Å². The number of pyridine rings is 2. The number of hydrogen-bond acceptors (Lipinski definition) is 5. The Kier molecular flexibility index (Phi) is 5.77. The molecule has 0 unspecified atom stereocenters. The number of hydrogen-bond donors (Lipinski definition) is 0. The van der Waals surface area contributed by atoms with Gasteiger partial charge in [-0.05, 0) is 42.6 Å². The number of piperidine rings is 1. The predicted molar refractivity (Wildman–Crippen MR) is 95.9 cm³/mol. The van der Waals surface area contributed by atoms with E-state index in [9.17, 15) is 0 Å². The second-order valence-electron chi connectivity index (χ2n) is 6.59. The monoisotopic (exact) mass is 326 g/mol. The number of nitrogens with zero attached hydrogens (tertiary/aromatic N) is 4. The molecule has 1 aliphatic heterocycles. The van der Waals surface area contributed by atoms with Crippen molar-refractivity contribution in [2.75, 3.05) is 32.1 Å². The molecule has 0 radical (unpaired) electrons. The van der Waals surface area contributed by atoms with Gasteiger partial charge in [-0.2, -0.15) is 0 Å². The van der Waals surface area contributed by atoms with Crippen LogP contribution < -0.4 is 4.90 Å². The van der Waals surface area contributed by atoms with Crippen molar-refractivity contribution in [3.05, 3.63) is 54.0 Å². The molecule has 0 amide bonds. The minimum absolute atomic E-state index is 0.299. The molecule has 0 N–H and O–H groups in total. The van der Waals surface area contributed by atoms with Crippen molar-refractivity contribution in [1.29, 1.82) is 0 Å². The quantitative estimate of drug-likeness (QED) is 0.816. The largest absolute Gasteiger partial charge is 0.372 e. The van der Waals surface area contributed by atoms with Gasteiger partial charge in [-0.3, -0.25) is 9.88 Å². The lowest BCUT2D eigenvalue weighted by molar-refractivity contribution is -0.0121. The van der Waals surface area contributed by atoms with Gasteiger partial charge in [0.2, 0.25) is 0 Å². The van der Waals surface area contributed by atoms with E-state index in [4.69, 9.17) is 4.74 Å². The molecule has 0 bridgehead atoms. The molecule has 0 aromatic carbocycles. The van der Waals surface area contributed by atoms with E-state index in [-0.39, 0.29) is 0 Å². The van der Waals surface area contributed by atoms with Crippen LogP contribution in [0.2, 0.25) is 0 Å². The van der Waals surface area contributed by atoms with Gasteiger partial charge in [0.05, 0.1) is 12.7 Å². The molecule has 3 rings (SSSR count). The highest BCUT2D eigenvalue weighted by molar-refractivity contribution is 5.37. The normalized spacial score (nSPS) is 18.5. The summed E-state index contributed by atoms with van der Waals surface area (Å²) in [6.07, 6.45) is 8.26. The Morgan fingerprint density at radius 3 is 2.83 bits per heavy atom. The van der Waals surface area contributed by atoms with E-state index < -0.39 is 0 Å². The van der Waals surface area contributed by atoms with Gasteiger partial charge in [0.25, 0.3) is 0 Å². The van der Waals surface area contributed by atoms with Crippen LogP contribution in [0.25, 0.3) is 0 Å². The van der Waals surface area contributed by atoms with Crippen LogP contribution in [0.1, 0.15) is 24.0 Å². The third kappa shape index (κ3) is 4.76. The molecule has 0 spiro atoms. The second-order valence-corrected chi connectivity index (χ2v) is 6.59. The van der Waals surface area contributed by atoms with Gasteiger partial charge in [0.15, 0.2) is 0 Å². The van der Waals surface area contributed by atoms with Crippen LogP contribution in [0, 0.1) is 0 Å². The standard InChI is InChI=1S/C19H26N4O/c1-22(2)19-8-7-16(12-21-19)13-23-10-4-6-18(14-23)24-15-17-5-3-9-20-11-17/h3,5,7-9,11-12,18H,4,6,10,13-15H2,1-2H3/t18-/m1/s1. The Balaban J connectivity index is 1.50. The minimum atomic E-state index is 0.299. The molecule has 1 fully saturated rings. The Hall–Kier alpha value is -1.98. The van der Waals surface area contributed by atoms with Crippen LogP contribution >= 0.6 is 0 Å². The Bertz CT molecular complexity index is 615. The maximum absolute atomic E-state index is 6.08. The van der Waals surface area contributed by atoms with E-state index in [1.165, 1.54) is 12.0 Å². The van der Waals surface area contributed by atoms with Crippen molar-refractivity contribution in [3.63, 3.8) is 0 Å². The molecule has 3 heterocycles. The highest BCUT2D eigenvalue weighted by atomic mass is 16.5. The van der Waals surface area contributed by atoms with Gasteiger partial charge >= 0.3 is 0 Å². The van der Waals surface area contributed by atoms with Crippen LogP contribution in [-0.4, -0.2) is 48.2 Å². The smallest absolute Gasteiger partial charge is 0.127 e. The zero-order chi connectivity index (χ0) is 16.8. The van der Waals surface area contributed by atoms with E-state index in [1.54, 1.807) is 6.20 Å². The molecule has 128 valence electrons. The first-order valence-corrected chi connectivity index (χ1v) is 8.56. The molecule has 24 heavy (non-hydrogen) atoms. The summed E-state index contributed by atoms with van der Waals surface area (Å²) in [7, 11) is 4.02. The molecule has 1 atom stereocenters. The van der Waals surface area contributed by atoms with Gasteiger partial charge in [-0.15, -0.1) is 0 Å². The maximum atomic E-state index is 6.08. The first-order valence-electron chi connectivity index (χ1n) is 8.56. The van der Waals surface area contributed by atoms with Crippen LogP contribution in [0.3, 0.4) is 0 Å². The van der Waals surface area contributed by atoms with Crippen LogP contribution in [-0.2, 0) is 17.9 Å². The van der Waals surface area contributed by atoms with Crippen LogP contribution in [0.4, 0.5) is 5.82 Å². The molecule has 0 saturated carbocycles. The fraction of sp³-hybridized carbons (Fsp3) is 0.474. The van der Waals surface area contributed by atoms with Crippen LogP contribution in [0.5, 0.6) is 0 Å². The molecule has 5 heteroatoms. The van der Waals surface area contributed by atoms with Gasteiger partial charge in [-0.25, -0.2) is 4.98 Å². The number of ether oxygens (including phenoxy) is 1. The van der Waals surface area contributed by atoms with Crippen molar-refractivity contribution in [2.24, 2.45) is 0 Å². The van der Waals surface area contributed by atoms with Gasteiger partial charge < -0.3 is 9.64 Å². The van der Waals surface area contributed by atoms with Crippen molar-refractivity contribution in [2.45, 2.75) is 32.1 Å². The average Bonchev–Trinajstić information content (AvgIpc) is 2.62. The zero-order valence-corrected chi connectivity index (χ0v) is 14.6. The van der Waals surface area contributed by atoms with E-state index in [0.717, 1.165) is 37.4 Å². The van der Waals surface area contributed by atoms with Gasteiger partial charge in [0, 0.05) is 45.8 Å². The highest BCUT2D eigenvalue weighted by Crippen LogP contribution is 2.18.